The average Bonchev–Trinajstić information content (AvgIpc) is 4.23. The molecule has 0 aliphatic heterocycles. The summed E-state index contributed by atoms with van der Waals surface area (Å²) in [6, 6.07) is 6.16. The first-order chi connectivity index (χ1) is 34.9. The zero-order valence-corrected chi connectivity index (χ0v) is 49.8. The molecular weight excluding hydrogens is 1010 g/mol. The van der Waals surface area contributed by atoms with Gasteiger partial charge in [0.1, 0.15) is 44.9 Å². The zero-order valence-electron chi connectivity index (χ0n) is 46.5. The molecule has 0 aliphatic rings. The number of oxazole rings is 1. The van der Waals surface area contributed by atoms with E-state index < -0.39 is 0 Å². The van der Waals surface area contributed by atoms with Crippen molar-refractivity contribution in [2.75, 3.05) is 0 Å². The molecule has 0 spiro atoms. The van der Waals surface area contributed by atoms with E-state index in [1.54, 1.807) is 50.0 Å². The minimum atomic E-state index is 0.623. The van der Waals surface area contributed by atoms with Crippen LogP contribution >= 0.6 is 45.7 Å². The van der Waals surface area contributed by atoms with Crippen LogP contribution in [0.2, 0.25) is 0 Å². The van der Waals surface area contributed by atoms with Crippen molar-refractivity contribution in [3.05, 3.63) is 184 Å². The predicted molar refractivity (Wildman–Crippen MR) is 300 cm³/mol. The zero-order chi connectivity index (χ0) is 55.6. The van der Waals surface area contributed by atoms with E-state index >= 15 is 0 Å². The molecular formula is C52H72N16O2S4. The van der Waals surface area contributed by atoms with Crippen LogP contribution in [0.3, 0.4) is 0 Å². The standard InChI is InChI=1S/4C6H8N2.C6H8S.C5H7NO.C5H7NS.C4H6N2O.2C4H6N2S/c1-5-3-8-6(2)4-7-5;2*1-5-3-7-6(2)8-4-5;1-5-3-4-7-6(2)8-5;1-5-3-4-6(2)7-5;2*1-4-3-6-5(2)7-4;3*1-3-5-4(2)7-6-3/h4*3-4H,1-2H3;3-4H,1-2H3;2*3H,1-2H3;3*1-2H3. The Morgan fingerprint density at radius 2 is 0.824 bits per heavy atom. The topological polar surface area (TPSA) is 233 Å². The van der Waals surface area contributed by atoms with E-state index in [2.05, 4.69) is 116 Å². The van der Waals surface area contributed by atoms with Crippen LogP contribution in [-0.4, -0.2) is 78.7 Å². The summed E-state index contributed by atoms with van der Waals surface area (Å²) in [5.74, 6) is 7.17. The first-order valence-corrected chi connectivity index (χ1v) is 26.2. The number of aromatic nitrogens is 16. The molecule has 0 bridgehead atoms. The molecule has 0 fully saturated rings. The Kier molecular flexibility index (Phi) is 32.5. The summed E-state index contributed by atoms with van der Waals surface area (Å²) in [6.07, 6.45) is 16.1. The van der Waals surface area contributed by atoms with Crippen molar-refractivity contribution in [1.82, 2.24) is 78.7 Å². The lowest BCUT2D eigenvalue weighted by atomic mass is 10.4. The molecule has 18 nitrogen and oxygen atoms in total. The molecule has 22 heteroatoms. The fourth-order valence-corrected chi connectivity index (χ4v) is 7.05. The SMILES string of the molecule is Cc1ccc(C)s1.Cc1ccnc(C)n1.Cc1cnc(C)cn1.Cc1cnc(C)nc1.Cc1cnc(C)nc1.Cc1cnc(C)o1.Cc1cnc(C)s1.Cc1noc(C)n1.Cc1nsc(C)n1.Cc1nsc(C)n1. The number of thiazole rings is 1. The summed E-state index contributed by atoms with van der Waals surface area (Å²) in [5.41, 5.74) is 5.18. The van der Waals surface area contributed by atoms with Gasteiger partial charge in [0, 0.05) is 83.7 Å². The third-order valence-electron chi connectivity index (χ3n) is 7.88. The Labute approximate surface area is 453 Å². The lowest BCUT2D eigenvalue weighted by molar-refractivity contribution is 0.389. The number of thiophene rings is 1. The molecule has 10 aromatic heterocycles. The highest BCUT2D eigenvalue weighted by Crippen LogP contribution is 2.12. The van der Waals surface area contributed by atoms with Crippen LogP contribution in [-0.2, 0) is 0 Å². The lowest BCUT2D eigenvalue weighted by Crippen LogP contribution is -1.86. The molecule has 0 N–H and O–H groups in total. The van der Waals surface area contributed by atoms with Gasteiger partial charge in [0.25, 0.3) is 0 Å². The predicted octanol–water partition coefficient (Wildman–Crippen LogP) is 12.8. The number of hydrogen-bond donors (Lipinski definition) is 0. The Morgan fingerprint density at radius 1 is 0.338 bits per heavy atom. The van der Waals surface area contributed by atoms with Crippen LogP contribution < -0.4 is 0 Å². The molecule has 10 heterocycles. The third kappa shape index (κ3) is 35.3. The van der Waals surface area contributed by atoms with Gasteiger partial charge in [-0.2, -0.15) is 13.7 Å². The van der Waals surface area contributed by atoms with Crippen LogP contribution in [0, 0.1) is 138 Å². The second-order valence-corrected chi connectivity index (χ2v) is 20.7. The summed E-state index contributed by atoms with van der Waals surface area (Å²) in [5, 5.41) is 6.76. The van der Waals surface area contributed by atoms with Crippen LogP contribution in [0.4, 0.5) is 0 Å². The molecule has 74 heavy (non-hydrogen) atoms. The summed E-state index contributed by atoms with van der Waals surface area (Å²) < 4.78 is 17.5. The second kappa shape index (κ2) is 36.9. The maximum absolute atomic E-state index is 4.97. The van der Waals surface area contributed by atoms with Crippen molar-refractivity contribution in [2.45, 2.75) is 138 Å². The Balaban J connectivity index is 0.000000411. The quantitative estimate of drug-likeness (QED) is 0.137. The highest BCUT2D eigenvalue weighted by Gasteiger charge is 1.92. The van der Waals surface area contributed by atoms with Gasteiger partial charge >= 0.3 is 0 Å². The van der Waals surface area contributed by atoms with Crippen LogP contribution in [0.1, 0.15) is 110 Å². The molecule has 0 unspecified atom stereocenters. The second-order valence-electron chi connectivity index (χ2n) is 15.9. The van der Waals surface area contributed by atoms with Gasteiger partial charge in [0.15, 0.2) is 11.7 Å². The van der Waals surface area contributed by atoms with Gasteiger partial charge in [-0.15, -0.1) is 22.7 Å². The highest BCUT2D eigenvalue weighted by molar-refractivity contribution is 7.12. The third-order valence-corrected chi connectivity index (χ3v) is 11.0. The Morgan fingerprint density at radius 3 is 1.00 bits per heavy atom. The summed E-state index contributed by atoms with van der Waals surface area (Å²) in [6.45, 7) is 38.6. The van der Waals surface area contributed by atoms with E-state index in [0.29, 0.717) is 11.7 Å². The molecule has 10 rings (SSSR count). The molecule has 0 atom stereocenters. The molecule has 0 radical (unpaired) electrons. The van der Waals surface area contributed by atoms with E-state index in [1.165, 1.54) is 37.7 Å². The number of rotatable bonds is 0. The van der Waals surface area contributed by atoms with Gasteiger partial charge in [-0.25, -0.2) is 49.8 Å². The number of hydrogen-bond acceptors (Lipinski definition) is 22. The summed E-state index contributed by atoms with van der Waals surface area (Å²) in [7, 11) is 0. The molecule has 0 saturated heterocycles. The van der Waals surface area contributed by atoms with Crippen molar-refractivity contribution in [3.8, 4) is 0 Å². The van der Waals surface area contributed by atoms with Crippen LogP contribution in [0.25, 0.3) is 0 Å². The van der Waals surface area contributed by atoms with E-state index in [1.807, 2.05) is 152 Å². The van der Waals surface area contributed by atoms with E-state index in [-0.39, 0.29) is 0 Å². The van der Waals surface area contributed by atoms with E-state index in [9.17, 15) is 0 Å². The average molecular weight is 1080 g/mol. The maximum Gasteiger partial charge on any atom is 0.223 e. The number of aryl methyl sites for hydroxylation is 20. The minimum Gasteiger partial charge on any atom is -0.446 e. The van der Waals surface area contributed by atoms with E-state index in [4.69, 9.17) is 4.42 Å². The van der Waals surface area contributed by atoms with Gasteiger partial charge in [-0.05, 0) is 177 Å². The van der Waals surface area contributed by atoms with Crippen molar-refractivity contribution in [1.29, 1.82) is 0 Å². The normalized spacial score (nSPS) is 9.35. The molecule has 10 aromatic rings. The van der Waals surface area contributed by atoms with Crippen molar-refractivity contribution in [2.24, 2.45) is 0 Å². The fourth-order valence-electron chi connectivity index (χ4n) is 4.64. The van der Waals surface area contributed by atoms with Gasteiger partial charge in [0.2, 0.25) is 5.89 Å². The summed E-state index contributed by atoms with van der Waals surface area (Å²) >= 11 is 6.46. The van der Waals surface area contributed by atoms with Crippen LogP contribution in [0.5, 0.6) is 0 Å². The largest absolute Gasteiger partial charge is 0.446 e. The maximum atomic E-state index is 4.97. The van der Waals surface area contributed by atoms with Gasteiger partial charge in [-0.1, -0.05) is 5.16 Å². The molecule has 0 saturated carbocycles. The van der Waals surface area contributed by atoms with Crippen LogP contribution in [0.15, 0.2) is 82.9 Å². The van der Waals surface area contributed by atoms with Crippen molar-refractivity contribution in [3.63, 3.8) is 0 Å². The molecule has 0 aliphatic carbocycles. The minimum absolute atomic E-state index is 0.623. The van der Waals surface area contributed by atoms with E-state index in [0.717, 1.165) is 84.0 Å². The fraction of sp³-hybridized carbons (Fsp3) is 0.385. The first kappa shape index (κ1) is 65.1. The molecule has 396 valence electrons. The lowest BCUT2D eigenvalue weighted by Gasteiger charge is -1.89. The van der Waals surface area contributed by atoms with Crippen molar-refractivity contribution >= 4 is 45.7 Å². The Bertz CT molecular complexity index is 2400. The smallest absolute Gasteiger partial charge is 0.223 e. The van der Waals surface area contributed by atoms with Crippen molar-refractivity contribution < 1.29 is 8.94 Å². The number of nitrogens with zero attached hydrogens (tertiary/aromatic N) is 16. The highest BCUT2D eigenvalue weighted by atomic mass is 32.1. The van der Waals surface area contributed by atoms with Gasteiger partial charge in [0.05, 0.1) is 22.6 Å². The van der Waals surface area contributed by atoms with Gasteiger partial charge < -0.3 is 8.94 Å². The first-order valence-electron chi connectivity index (χ1n) is 23.0. The Hall–Kier alpha value is -6.88. The molecule has 0 amide bonds. The van der Waals surface area contributed by atoms with Gasteiger partial charge in [-0.3, -0.25) is 9.97 Å². The monoisotopic (exact) mass is 1080 g/mol. The molecule has 0 aromatic carbocycles. The summed E-state index contributed by atoms with van der Waals surface area (Å²) in [4.78, 5) is 55.7.